The van der Waals surface area contributed by atoms with Crippen LogP contribution in [0.2, 0.25) is 0 Å². The summed E-state index contributed by atoms with van der Waals surface area (Å²) in [5, 5.41) is 19.5. The van der Waals surface area contributed by atoms with Crippen LogP contribution in [0.25, 0.3) is 0 Å². The molecule has 0 fully saturated rings. The molecular formula is C23H30O6. The van der Waals surface area contributed by atoms with Crippen LogP contribution in [-0.2, 0) is 24.2 Å². The Balaban J connectivity index is 2.53. The van der Waals surface area contributed by atoms with Gasteiger partial charge in [0.05, 0.1) is 20.8 Å². The Morgan fingerprint density at radius 2 is 1.55 bits per heavy atom. The zero-order chi connectivity index (χ0) is 21.4. The summed E-state index contributed by atoms with van der Waals surface area (Å²) in [6.07, 6.45) is 2.03. The normalized spacial score (nSPS) is 11.8. The number of aliphatic carboxylic acids is 1. The maximum absolute atomic E-state index is 12.1. The molecule has 158 valence electrons. The number of carboxylic acid groups (broad SMARTS) is 1. The zero-order valence-electron chi connectivity index (χ0n) is 17.5. The molecule has 1 atom stereocenters. The molecule has 0 bridgehead atoms. The van der Waals surface area contributed by atoms with Gasteiger partial charge in [-0.15, -0.1) is 0 Å². The smallest absolute Gasteiger partial charge is 0.349 e. The van der Waals surface area contributed by atoms with E-state index in [1.165, 1.54) is 14.2 Å². The third-order valence-electron chi connectivity index (χ3n) is 4.69. The summed E-state index contributed by atoms with van der Waals surface area (Å²) in [4.78, 5) is 12.1. The van der Waals surface area contributed by atoms with Gasteiger partial charge in [0.25, 0.3) is 0 Å². The lowest BCUT2D eigenvalue weighted by molar-refractivity contribution is -0.145. The van der Waals surface area contributed by atoms with Gasteiger partial charge in [0, 0.05) is 5.56 Å². The SMILES string of the molecule is CCCc1cc(CO)cc(CCC)c1OC(C(=O)O)c1ccc(OC)c(OC)c1. The number of aliphatic hydroxyl groups is 1. The monoisotopic (exact) mass is 402 g/mol. The Morgan fingerprint density at radius 3 is 2.00 bits per heavy atom. The summed E-state index contributed by atoms with van der Waals surface area (Å²) in [5.41, 5.74) is 3.09. The Morgan fingerprint density at radius 1 is 0.966 bits per heavy atom. The summed E-state index contributed by atoms with van der Waals surface area (Å²) >= 11 is 0. The van der Waals surface area contributed by atoms with Crippen molar-refractivity contribution in [3.8, 4) is 17.2 Å². The molecule has 2 aromatic rings. The topological polar surface area (TPSA) is 85.2 Å². The Bertz CT molecular complexity index is 803. The molecular weight excluding hydrogens is 372 g/mol. The van der Waals surface area contributed by atoms with Crippen molar-refractivity contribution in [2.45, 2.75) is 52.2 Å². The van der Waals surface area contributed by atoms with Crippen LogP contribution < -0.4 is 14.2 Å². The number of carboxylic acids is 1. The minimum absolute atomic E-state index is 0.0637. The van der Waals surface area contributed by atoms with Gasteiger partial charge in [-0.05, 0) is 53.8 Å². The van der Waals surface area contributed by atoms with Crippen LogP contribution in [0.5, 0.6) is 17.2 Å². The molecule has 0 aliphatic heterocycles. The summed E-state index contributed by atoms with van der Waals surface area (Å²) in [6, 6.07) is 8.75. The number of hydrogen-bond donors (Lipinski definition) is 2. The molecule has 6 nitrogen and oxygen atoms in total. The summed E-state index contributed by atoms with van der Waals surface area (Å²) in [7, 11) is 3.03. The van der Waals surface area contributed by atoms with Gasteiger partial charge in [-0.3, -0.25) is 0 Å². The van der Waals surface area contributed by atoms with Crippen LogP contribution in [0.4, 0.5) is 0 Å². The number of benzene rings is 2. The summed E-state index contributed by atoms with van der Waals surface area (Å²) < 4.78 is 16.7. The van der Waals surface area contributed by atoms with Gasteiger partial charge in [0.2, 0.25) is 6.10 Å². The molecule has 0 aliphatic rings. The van der Waals surface area contributed by atoms with Gasteiger partial charge in [-0.2, -0.15) is 0 Å². The maximum Gasteiger partial charge on any atom is 0.349 e. The van der Waals surface area contributed by atoms with Crippen molar-refractivity contribution in [1.82, 2.24) is 0 Å². The van der Waals surface area contributed by atoms with Gasteiger partial charge >= 0.3 is 5.97 Å². The van der Waals surface area contributed by atoms with Gasteiger partial charge in [0.15, 0.2) is 11.5 Å². The molecule has 0 aliphatic carbocycles. The van der Waals surface area contributed by atoms with Crippen LogP contribution in [0.3, 0.4) is 0 Å². The second-order valence-electron chi connectivity index (χ2n) is 6.85. The zero-order valence-corrected chi connectivity index (χ0v) is 17.5. The molecule has 6 heteroatoms. The van der Waals surface area contributed by atoms with E-state index in [1.807, 2.05) is 12.1 Å². The first kappa shape index (κ1) is 22.6. The fourth-order valence-corrected chi connectivity index (χ4v) is 3.37. The molecule has 29 heavy (non-hydrogen) atoms. The number of carbonyl (C=O) groups is 1. The van der Waals surface area contributed by atoms with Crippen LogP contribution in [-0.4, -0.2) is 30.4 Å². The first-order chi connectivity index (χ1) is 14.0. The largest absolute Gasteiger partial charge is 0.493 e. The van der Waals surface area contributed by atoms with Crippen molar-refractivity contribution in [3.63, 3.8) is 0 Å². The summed E-state index contributed by atoms with van der Waals surface area (Å²) in [6.45, 7) is 4.04. The van der Waals surface area contributed by atoms with E-state index < -0.39 is 12.1 Å². The van der Waals surface area contributed by atoms with Gasteiger partial charge in [-0.25, -0.2) is 4.79 Å². The van der Waals surface area contributed by atoms with Crippen molar-refractivity contribution in [1.29, 1.82) is 0 Å². The lowest BCUT2D eigenvalue weighted by Crippen LogP contribution is -2.20. The Hall–Kier alpha value is -2.73. The highest BCUT2D eigenvalue weighted by atomic mass is 16.5. The highest BCUT2D eigenvalue weighted by molar-refractivity contribution is 5.75. The van der Waals surface area contributed by atoms with Crippen molar-refractivity contribution in [3.05, 3.63) is 52.6 Å². The number of methoxy groups -OCH3 is 2. The van der Waals surface area contributed by atoms with E-state index >= 15 is 0 Å². The number of rotatable bonds is 11. The molecule has 0 amide bonds. The van der Waals surface area contributed by atoms with Crippen LogP contribution in [0.1, 0.15) is 55.0 Å². The van der Waals surface area contributed by atoms with Gasteiger partial charge in [-0.1, -0.05) is 32.8 Å². The standard InChI is InChI=1S/C23H30O6/c1-5-7-16-11-15(14-24)12-17(8-6-2)21(16)29-22(23(25)26)18-9-10-19(27-3)20(13-18)28-4/h9-13,22,24H,5-8,14H2,1-4H3,(H,25,26). The Kier molecular flexibility index (Phi) is 8.34. The molecule has 2 N–H and O–H groups in total. The quantitative estimate of drug-likeness (QED) is 0.583. The van der Waals surface area contributed by atoms with Crippen molar-refractivity contribution in [2.75, 3.05) is 14.2 Å². The lowest BCUT2D eigenvalue weighted by Gasteiger charge is -2.22. The fourth-order valence-electron chi connectivity index (χ4n) is 3.37. The minimum Gasteiger partial charge on any atom is -0.493 e. The highest BCUT2D eigenvalue weighted by Crippen LogP contribution is 2.35. The number of ether oxygens (including phenoxy) is 3. The van der Waals surface area contributed by atoms with E-state index in [0.717, 1.165) is 42.4 Å². The molecule has 0 heterocycles. The van der Waals surface area contributed by atoms with Crippen molar-refractivity contribution >= 4 is 5.97 Å². The summed E-state index contributed by atoms with van der Waals surface area (Å²) in [5.74, 6) is 0.463. The molecule has 0 spiro atoms. The van der Waals surface area contributed by atoms with Gasteiger partial charge < -0.3 is 24.4 Å². The molecule has 0 aromatic heterocycles. The lowest BCUT2D eigenvalue weighted by atomic mass is 9.98. The van der Waals surface area contributed by atoms with E-state index in [0.29, 0.717) is 22.8 Å². The average molecular weight is 402 g/mol. The first-order valence-corrected chi connectivity index (χ1v) is 9.85. The van der Waals surface area contributed by atoms with Crippen LogP contribution in [0.15, 0.2) is 30.3 Å². The molecule has 1 unspecified atom stereocenters. The number of aliphatic hydroxyl groups excluding tert-OH is 1. The fraction of sp³-hybridized carbons (Fsp3) is 0.435. The third-order valence-corrected chi connectivity index (χ3v) is 4.69. The van der Waals surface area contributed by atoms with Crippen molar-refractivity contribution < 1.29 is 29.2 Å². The number of aryl methyl sites for hydroxylation is 2. The average Bonchev–Trinajstić information content (AvgIpc) is 2.72. The van der Waals surface area contributed by atoms with E-state index in [-0.39, 0.29) is 6.61 Å². The predicted octanol–water partition coefficient (Wildman–Crippen LogP) is 4.31. The molecule has 2 rings (SSSR count). The minimum atomic E-state index is -1.19. The van der Waals surface area contributed by atoms with E-state index in [1.54, 1.807) is 18.2 Å². The van der Waals surface area contributed by atoms with Crippen LogP contribution >= 0.6 is 0 Å². The van der Waals surface area contributed by atoms with E-state index in [2.05, 4.69) is 13.8 Å². The molecule has 0 saturated heterocycles. The number of hydrogen-bond acceptors (Lipinski definition) is 5. The molecule has 0 radical (unpaired) electrons. The Labute approximate surface area is 172 Å². The molecule has 0 saturated carbocycles. The van der Waals surface area contributed by atoms with Crippen LogP contribution in [0, 0.1) is 0 Å². The van der Waals surface area contributed by atoms with Gasteiger partial charge in [0.1, 0.15) is 5.75 Å². The first-order valence-electron chi connectivity index (χ1n) is 9.85. The third kappa shape index (κ3) is 5.41. The highest BCUT2D eigenvalue weighted by Gasteiger charge is 2.26. The molecule has 2 aromatic carbocycles. The van der Waals surface area contributed by atoms with Crippen molar-refractivity contribution in [2.24, 2.45) is 0 Å². The second-order valence-corrected chi connectivity index (χ2v) is 6.85. The maximum atomic E-state index is 12.1. The van der Waals surface area contributed by atoms with E-state index in [9.17, 15) is 15.0 Å². The second kappa shape index (κ2) is 10.7. The predicted molar refractivity (Wildman–Crippen MR) is 111 cm³/mol. The van der Waals surface area contributed by atoms with E-state index in [4.69, 9.17) is 14.2 Å².